The highest BCUT2D eigenvalue weighted by molar-refractivity contribution is 7.54. The molecule has 3 aromatic carbocycles. The molecule has 0 aliphatic rings. The number of aliphatic hydroxyl groups is 1. The van der Waals surface area contributed by atoms with Crippen LogP contribution in [0.2, 0.25) is 5.02 Å². The van der Waals surface area contributed by atoms with E-state index in [1.54, 1.807) is 24.3 Å². The fourth-order valence-electron chi connectivity index (χ4n) is 2.47. The van der Waals surface area contributed by atoms with Crippen LogP contribution in [0.3, 0.4) is 0 Å². The summed E-state index contributed by atoms with van der Waals surface area (Å²) < 4.78 is 24.7. The maximum absolute atomic E-state index is 13.4. The molecule has 0 saturated heterocycles. The van der Waals surface area contributed by atoms with E-state index >= 15 is 0 Å². The Morgan fingerprint density at radius 2 is 1.22 bits per heavy atom. The van der Waals surface area contributed by atoms with Gasteiger partial charge in [0, 0.05) is 5.02 Å². The van der Waals surface area contributed by atoms with E-state index in [9.17, 15) is 9.67 Å². The second-order valence-corrected chi connectivity index (χ2v) is 8.50. The van der Waals surface area contributed by atoms with Gasteiger partial charge < -0.3 is 14.2 Å². The highest BCUT2D eigenvalue weighted by Gasteiger charge is 2.36. The van der Waals surface area contributed by atoms with Crippen molar-refractivity contribution in [3.63, 3.8) is 0 Å². The Kier molecular flexibility index (Phi) is 6.84. The highest BCUT2D eigenvalue weighted by Crippen LogP contribution is 2.60. The summed E-state index contributed by atoms with van der Waals surface area (Å²) in [5.41, 5.74) is 2.09. The summed E-state index contributed by atoms with van der Waals surface area (Å²) in [5.74, 6) is -1.41. The molecule has 3 aromatic rings. The van der Waals surface area contributed by atoms with Crippen LogP contribution in [0, 0.1) is 0 Å². The van der Waals surface area contributed by atoms with Crippen LogP contribution in [0.25, 0.3) is 0 Å². The molecule has 0 bridgehead atoms. The fraction of sp³-hybridized carbons (Fsp3) is 0.143. The molecular formula is C21H20ClO4P. The monoisotopic (exact) mass is 402 g/mol. The molecule has 3 rings (SSSR count). The van der Waals surface area contributed by atoms with Crippen molar-refractivity contribution in [2.45, 2.75) is 19.1 Å². The lowest BCUT2D eigenvalue weighted by atomic mass is 10.2. The van der Waals surface area contributed by atoms with Gasteiger partial charge >= 0.3 is 7.60 Å². The van der Waals surface area contributed by atoms with Crippen LogP contribution in [0.15, 0.2) is 84.9 Å². The first kappa shape index (κ1) is 19.8. The molecule has 0 amide bonds. The molecule has 1 atom stereocenters. The van der Waals surface area contributed by atoms with Gasteiger partial charge in [0.05, 0.1) is 13.2 Å². The molecule has 0 saturated carbocycles. The molecule has 0 aliphatic carbocycles. The number of halogens is 1. The normalized spacial score (nSPS) is 12.7. The minimum Gasteiger partial charge on any atom is -0.376 e. The van der Waals surface area contributed by atoms with E-state index in [1.165, 1.54) is 0 Å². The zero-order valence-corrected chi connectivity index (χ0v) is 16.2. The molecule has 0 fully saturated rings. The van der Waals surface area contributed by atoms with Gasteiger partial charge in [-0.2, -0.15) is 0 Å². The zero-order valence-electron chi connectivity index (χ0n) is 14.6. The summed E-state index contributed by atoms with van der Waals surface area (Å²) >= 11 is 5.90. The molecule has 0 spiro atoms. The maximum atomic E-state index is 13.4. The van der Waals surface area contributed by atoms with Crippen molar-refractivity contribution in [3.05, 3.63) is 107 Å². The van der Waals surface area contributed by atoms with Gasteiger partial charge in [-0.25, -0.2) is 0 Å². The number of hydrogen-bond acceptors (Lipinski definition) is 4. The topological polar surface area (TPSA) is 55.8 Å². The summed E-state index contributed by atoms with van der Waals surface area (Å²) in [6, 6.07) is 25.1. The van der Waals surface area contributed by atoms with E-state index in [4.69, 9.17) is 20.6 Å². The smallest absolute Gasteiger partial charge is 0.364 e. The van der Waals surface area contributed by atoms with E-state index in [-0.39, 0.29) is 13.2 Å². The summed E-state index contributed by atoms with van der Waals surface area (Å²) in [4.78, 5) is 0. The van der Waals surface area contributed by atoms with Gasteiger partial charge in [0.2, 0.25) is 0 Å². The second-order valence-electron chi connectivity index (χ2n) is 5.98. The number of rotatable bonds is 8. The summed E-state index contributed by atoms with van der Waals surface area (Å²) in [7, 11) is -3.87. The molecule has 27 heavy (non-hydrogen) atoms. The average molecular weight is 403 g/mol. The summed E-state index contributed by atoms with van der Waals surface area (Å²) in [6.07, 6.45) is 0. The van der Waals surface area contributed by atoms with Crippen LogP contribution < -0.4 is 0 Å². The van der Waals surface area contributed by atoms with Crippen LogP contribution in [0.5, 0.6) is 0 Å². The Morgan fingerprint density at radius 1 is 0.778 bits per heavy atom. The van der Waals surface area contributed by atoms with E-state index in [2.05, 4.69) is 0 Å². The van der Waals surface area contributed by atoms with Crippen molar-refractivity contribution >= 4 is 19.2 Å². The number of aliphatic hydroxyl groups excluding tert-OH is 1. The number of hydrogen-bond donors (Lipinski definition) is 1. The molecule has 0 radical (unpaired) electrons. The molecule has 4 nitrogen and oxygen atoms in total. The molecule has 0 heterocycles. The van der Waals surface area contributed by atoms with Crippen LogP contribution in [-0.4, -0.2) is 5.11 Å². The second kappa shape index (κ2) is 9.32. The van der Waals surface area contributed by atoms with Gasteiger partial charge in [0.1, 0.15) is 0 Å². The largest absolute Gasteiger partial charge is 0.376 e. The lowest BCUT2D eigenvalue weighted by Gasteiger charge is -2.24. The third kappa shape index (κ3) is 5.52. The van der Waals surface area contributed by atoms with E-state index in [1.807, 2.05) is 60.7 Å². The maximum Gasteiger partial charge on any atom is 0.364 e. The number of benzene rings is 3. The van der Waals surface area contributed by atoms with Gasteiger partial charge in [0.15, 0.2) is 5.85 Å². The van der Waals surface area contributed by atoms with Gasteiger partial charge in [-0.1, -0.05) is 84.4 Å². The first-order chi connectivity index (χ1) is 13.1. The molecule has 140 valence electrons. The van der Waals surface area contributed by atoms with Crippen LogP contribution >= 0.6 is 19.2 Å². The van der Waals surface area contributed by atoms with Crippen molar-refractivity contribution in [1.29, 1.82) is 0 Å². The highest BCUT2D eigenvalue weighted by atomic mass is 35.5. The van der Waals surface area contributed by atoms with Gasteiger partial charge in [0.25, 0.3) is 0 Å². The van der Waals surface area contributed by atoms with Crippen LogP contribution in [-0.2, 0) is 26.8 Å². The van der Waals surface area contributed by atoms with Crippen molar-refractivity contribution in [3.8, 4) is 0 Å². The summed E-state index contributed by atoms with van der Waals surface area (Å²) in [5, 5.41) is 11.3. The third-order valence-electron chi connectivity index (χ3n) is 3.98. The Morgan fingerprint density at radius 3 is 1.67 bits per heavy atom. The minimum atomic E-state index is -3.87. The van der Waals surface area contributed by atoms with E-state index < -0.39 is 13.4 Å². The first-order valence-corrected chi connectivity index (χ1v) is 10.5. The standard InChI is InChI=1S/C21H20ClO4P/c22-20-13-11-19(12-14-20)21(23)27(24,25-15-17-7-3-1-4-8-17)26-16-18-9-5-2-6-10-18/h1-14,21,23H,15-16H2/t21-/m0/s1. The Bertz CT molecular complexity index is 838. The van der Waals surface area contributed by atoms with Crippen LogP contribution in [0.1, 0.15) is 22.5 Å². The van der Waals surface area contributed by atoms with Gasteiger partial charge in [-0.3, -0.25) is 4.57 Å². The SMILES string of the molecule is O=P(OCc1ccccc1)(OCc1ccccc1)[C@H](O)c1ccc(Cl)cc1. The van der Waals surface area contributed by atoms with Crippen molar-refractivity contribution in [2.75, 3.05) is 0 Å². The van der Waals surface area contributed by atoms with Gasteiger partial charge in [-0.05, 0) is 28.8 Å². The molecule has 6 heteroatoms. The quantitative estimate of drug-likeness (QED) is 0.472. The predicted molar refractivity (Wildman–Crippen MR) is 106 cm³/mol. The van der Waals surface area contributed by atoms with E-state index in [0.717, 1.165) is 11.1 Å². The average Bonchev–Trinajstić information content (AvgIpc) is 2.72. The van der Waals surface area contributed by atoms with Crippen molar-refractivity contribution in [2.24, 2.45) is 0 Å². The lowest BCUT2D eigenvalue weighted by Crippen LogP contribution is -2.06. The van der Waals surface area contributed by atoms with Crippen LogP contribution in [0.4, 0.5) is 0 Å². The Hall–Kier alpha value is -1.94. The third-order valence-corrected chi connectivity index (χ3v) is 6.10. The Labute approximate surface area is 163 Å². The molecule has 0 unspecified atom stereocenters. The van der Waals surface area contributed by atoms with E-state index in [0.29, 0.717) is 10.6 Å². The van der Waals surface area contributed by atoms with Gasteiger partial charge in [-0.15, -0.1) is 0 Å². The Balaban J connectivity index is 1.80. The molecular weight excluding hydrogens is 383 g/mol. The predicted octanol–water partition coefficient (Wildman–Crippen LogP) is 5.96. The first-order valence-electron chi connectivity index (χ1n) is 8.47. The molecule has 1 N–H and O–H groups in total. The van der Waals surface area contributed by atoms with Crippen molar-refractivity contribution in [1.82, 2.24) is 0 Å². The zero-order chi connectivity index (χ0) is 19.1. The van der Waals surface area contributed by atoms with Crippen molar-refractivity contribution < 1.29 is 18.7 Å². The fourth-order valence-corrected chi connectivity index (χ4v) is 4.15. The minimum absolute atomic E-state index is 0.0670. The molecule has 0 aromatic heterocycles. The lowest BCUT2D eigenvalue weighted by molar-refractivity contribution is 0.133. The molecule has 0 aliphatic heterocycles. The summed E-state index contributed by atoms with van der Waals surface area (Å²) in [6.45, 7) is 0.134.